The molecule has 1 saturated heterocycles. The fourth-order valence-electron chi connectivity index (χ4n) is 2.46. The number of hydrogen-bond donors (Lipinski definition) is 2. The van der Waals surface area contributed by atoms with Crippen LogP contribution in [0, 0.1) is 5.41 Å². The van der Waals surface area contributed by atoms with E-state index in [2.05, 4.69) is 12.2 Å². The van der Waals surface area contributed by atoms with Gasteiger partial charge in [0.2, 0.25) is 0 Å². The van der Waals surface area contributed by atoms with Crippen LogP contribution >= 0.6 is 11.8 Å². The summed E-state index contributed by atoms with van der Waals surface area (Å²) in [6.07, 6.45) is 5.08. The van der Waals surface area contributed by atoms with Gasteiger partial charge in [-0.15, -0.1) is 11.8 Å². The SMILES string of the molecule is CC1(C2N[C@H](C(=O)O)CS2)CCCC1. The van der Waals surface area contributed by atoms with Gasteiger partial charge in [-0.3, -0.25) is 10.1 Å². The molecule has 1 unspecified atom stereocenters. The highest BCUT2D eigenvalue weighted by atomic mass is 32.2. The Morgan fingerprint density at radius 2 is 2.14 bits per heavy atom. The van der Waals surface area contributed by atoms with Crippen LogP contribution in [0.25, 0.3) is 0 Å². The number of carboxylic acid groups (broad SMARTS) is 1. The summed E-state index contributed by atoms with van der Waals surface area (Å²) in [7, 11) is 0. The first-order valence-electron chi connectivity index (χ1n) is 5.22. The summed E-state index contributed by atoms with van der Waals surface area (Å²) in [5.41, 5.74) is 0.328. The molecule has 2 fully saturated rings. The van der Waals surface area contributed by atoms with E-state index in [0.29, 0.717) is 10.8 Å². The third-order valence-electron chi connectivity index (χ3n) is 3.46. The zero-order valence-electron chi connectivity index (χ0n) is 8.45. The minimum Gasteiger partial charge on any atom is -0.480 e. The highest BCUT2D eigenvalue weighted by Crippen LogP contribution is 2.46. The second-order valence-corrected chi connectivity index (χ2v) is 5.77. The molecule has 2 N–H and O–H groups in total. The zero-order chi connectivity index (χ0) is 10.2. The predicted molar refractivity (Wildman–Crippen MR) is 57.4 cm³/mol. The van der Waals surface area contributed by atoms with E-state index in [4.69, 9.17) is 5.11 Å². The normalized spacial score (nSPS) is 36.1. The van der Waals surface area contributed by atoms with Crippen molar-refractivity contribution in [3.63, 3.8) is 0 Å². The monoisotopic (exact) mass is 215 g/mol. The van der Waals surface area contributed by atoms with Gasteiger partial charge in [-0.1, -0.05) is 19.8 Å². The Morgan fingerprint density at radius 3 is 2.64 bits per heavy atom. The van der Waals surface area contributed by atoms with Crippen molar-refractivity contribution >= 4 is 17.7 Å². The van der Waals surface area contributed by atoms with E-state index in [1.165, 1.54) is 25.7 Å². The lowest BCUT2D eigenvalue weighted by Gasteiger charge is -2.30. The Bertz CT molecular complexity index is 238. The number of rotatable bonds is 2. The molecule has 3 nitrogen and oxygen atoms in total. The quantitative estimate of drug-likeness (QED) is 0.736. The predicted octanol–water partition coefficient (Wildman–Crippen LogP) is 1.68. The first-order valence-corrected chi connectivity index (χ1v) is 6.27. The average Bonchev–Trinajstić information content (AvgIpc) is 2.71. The van der Waals surface area contributed by atoms with Crippen molar-refractivity contribution in [2.24, 2.45) is 5.41 Å². The maximum atomic E-state index is 10.8. The van der Waals surface area contributed by atoms with Crippen molar-refractivity contribution in [3.05, 3.63) is 0 Å². The van der Waals surface area contributed by atoms with Gasteiger partial charge in [0.15, 0.2) is 0 Å². The lowest BCUT2D eigenvalue weighted by molar-refractivity contribution is -0.138. The molecule has 0 aromatic rings. The number of carbonyl (C=O) groups is 1. The Balaban J connectivity index is 1.97. The van der Waals surface area contributed by atoms with Crippen molar-refractivity contribution in [1.82, 2.24) is 5.32 Å². The summed E-state index contributed by atoms with van der Waals surface area (Å²) >= 11 is 1.78. The lowest BCUT2D eigenvalue weighted by atomic mass is 9.88. The molecule has 2 atom stereocenters. The van der Waals surface area contributed by atoms with Gasteiger partial charge in [-0.2, -0.15) is 0 Å². The molecule has 0 bridgehead atoms. The van der Waals surface area contributed by atoms with Crippen molar-refractivity contribution in [2.45, 2.75) is 44.0 Å². The van der Waals surface area contributed by atoms with E-state index in [9.17, 15) is 4.79 Å². The molecular formula is C10H17NO2S. The van der Waals surface area contributed by atoms with Crippen molar-refractivity contribution in [1.29, 1.82) is 0 Å². The molecule has 0 aromatic carbocycles. The second kappa shape index (κ2) is 3.74. The average molecular weight is 215 g/mol. The van der Waals surface area contributed by atoms with Gasteiger partial charge in [-0.05, 0) is 18.3 Å². The molecule has 1 aliphatic carbocycles. The molecule has 1 saturated carbocycles. The Morgan fingerprint density at radius 1 is 1.50 bits per heavy atom. The van der Waals surface area contributed by atoms with Crippen LogP contribution in [0.15, 0.2) is 0 Å². The fourth-order valence-corrected chi connectivity index (χ4v) is 3.98. The van der Waals surface area contributed by atoms with Crippen LogP contribution in [-0.2, 0) is 4.79 Å². The maximum absolute atomic E-state index is 10.8. The summed E-state index contributed by atoms with van der Waals surface area (Å²) in [5.74, 6) is 0.0110. The van der Waals surface area contributed by atoms with E-state index >= 15 is 0 Å². The van der Waals surface area contributed by atoms with Gasteiger partial charge < -0.3 is 5.11 Å². The molecule has 0 amide bonds. The zero-order valence-corrected chi connectivity index (χ0v) is 9.27. The minimum absolute atomic E-state index is 0.328. The second-order valence-electron chi connectivity index (χ2n) is 4.63. The molecule has 1 aliphatic heterocycles. The summed E-state index contributed by atoms with van der Waals surface area (Å²) < 4.78 is 0. The third-order valence-corrected chi connectivity index (χ3v) is 5.02. The van der Waals surface area contributed by atoms with E-state index in [1.54, 1.807) is 11.8 Å². The number of hydrogen-bond acceptors (Lipinski definition) is 3. The Hall–Kier alpha value is -0.220. The van der Waals surface area contributed by atoms with Crippen molar-refractivity contribution < 1.29 is 9.90 Å². The third kappa shape index (κ3) is 1.77. The van der Waals surface area contributed by atoms with Crippen molar-refractivity contribution in [3.8, 4) is 0 Å². The van der Waals surface area contributed by atoms with Crippen LogP contribution < -0.4 is 5.32 Å². The molecule has 1 heterocycles. The van der Waals surface area contributed by atoms with Gasteiger partial charge >= 0.3 is 5.97 Å². The largest absolute Gasteiger partial charge is 0.480 e. The highest BCUT2D eigenvalue weighted by molar-refractivity contribution is 8.00. The number of nitrogens with one attached hydrogen (secondary N) is 1. The number of aliphatic carboxylic acids is 1. The summed E-state index contributed by atoms with van der Waals surface area (Å²) in [6.45, 7) is 2.29. The van der Waals surface area contributed by atoms with Crippen LogP contribution in [0.5, 0.6) is 0 Å². The minimum atomic E-state index is -0.707. The summed E-state index contributed by atoms with van der Waals surface area (Å²) in [5, 5.41) is 12.5. The first kappa shape index (κ1) is 10.3. The van der Waals surface area contributed by atoms with Crippen LogP contribution in [0.3, 0.4) is 0 Å². The first-order chi connectivity index (χ1) is 6.62. The molecule has 2 rings (SSSR count). The topological polar surface area (TPSA) is 49.3 Å². The maximum Gasteiger partial charge on any atom is 0.321 e. The fraction of sp³-hybridized carbons (Fsp3) is 0.900. The Labute approximate surface area is 88.6 Å². The van der Waals surface area contributed by atoms with E-state index in [1.807, 2.05) is 0 Å². The molecule has 80 valence electrons. The van der Waals surface area contributed by atoms with Gasteiger partial charge in [-0.25, -0.2) is 0 Å². The molecular weight excluding hydrogens is 198 g/mol. The van der Waals surface area contributed by atoms with Crippen LogP contribution in [0.2, 0.25) is 0 Å². The van der Waals surface area contributed by atoms with Gasteiger partial charge in [0.1, 0.15) is 6.04 Å². The highest BCUT2D eigenvalue weighted by Gasteiger charge is 2.42. The molecule has 0 aromatic heterocycles. The molecule has 2 aliphatic rings. The van der Waals surface area contributed by atoms with Crippen LogP contribution in [-0.4, -0.2) is 28.2 Å². The lowest BCUT2D eigenvalue weighted by Crippen LogP contribution is -2.42. The van der Waals surface area contributed by atoms with E-state index in [-0.39, 0.29) is 6.04 Å². The standard InChI is InChI=1S/C10H17NO2S/c1-10(4-2-3-5-10)9-11-7(6-14-9)8(12)13/h7,9,11H,2-6H2,1H3,(H,12,13)/t7-,9?/m0/s1. The number of thioether (sulfide) groups is 1. The van der Waals surface area contributed by atoms with E-state index < -0.39 is 5.97 Å². The van der Waals surface area contributed by atoms with Crippen molar-refractivity contribution in [2.75, 3.05) is 5.75 Å². The molecule has 4 heteroatoms. The van der Waals surface area contributed by atoms with Crippen LogP contribution in [0.1, 0.15) is 32.6 Å². The van der Waals surface area contributed by atoms with Gasteiger partial charge in [0.25, 0.3) is 0 Å². The smallest absolute Gasteiger partial charge is 0.321 e. The molecule has 14 heavy (non-hydrogen) atoms. The van der Waals surface area contributed by atoms with E-state index in [0.717, 1.165) is 5.75 Å². The van der Waals surface area contributed by atoms with Gasteiger partial charge in [0.05, 0.1) is 5.37 Å². The van der Waals surface area contributed by atoms with Gasteiger partial charge in [0, 0.05) is 5.75 Å². The number of carboxylic acids is 1. The summed E-state index contributed by atoms with van der Waals surface area (Å²) in [4.78, 5) is 10.8. The summed E-state index contributed by atoms with van der Waals surface area (Å²) in [6, 6.07) is -0.331. The van der Waals surface area contributed by atoms with Crippen LogP contribution in [0.4, 0.5) is 0 Å². The molecule has 0 spiro atoms. The molecule has 0 radical (unpaired) electrons. The Kier molecular flexibility index (Phi) is 2.75.